The van der Waals surface area contributed by atoms with Crippen LogP contribution in [0.25, 0.3) is 0 Å². The van der Waals surface area contributed by atoms with Crippen molar-refractivity contribution in [2.24, 2.45) is 5.92 Å². The van der Waals surface area contributed by atoms with Gasteiger partial charge in [0.25, 0.3) is 5.91 Å². The third kappa shape index (κ3) is 11.9. The minimum atomic E-state index is -0.671. The number of amides is 4. The summed E-state index contributed by atoms with van der Waals surface area (Å²) in [5, 5.41) is 11.1. The monoisotopic (exact) mass is 872 g/mol. The number of hydrogen-bond donors (Lipinski definition) is 1. The van der Waals surface area contributed by atoms with E-state index in [2.05, 4.69) is 41.3 Å². The van der Waals surface area contributed by atoms with Gasteiger partial charge in [0.05, 0.1) is 97.6 Å². The van der Waals surface area contributed by atoms with Crippen molar-refractivity contribution in [2.75, 3.05) is 84.7 Å². The maximum atomic E-state index is 13.0. The first-order chi connectivity index (χ1) is 30.6. The van der Waals surface area contributed by atoms with Crippen molar-refractivity contribution in [3.8, 4) is 11.8 Å². The van der Waals surface area contributed by atoms with E-state index in [9.17, 15) is 24.0 Å². The molecule has 2 aromatic carbocycles. The number of rotatable bonds is 22. The van der Waals surface area contributed by atoms with Gasteiger partial charge in [0, 0.05) is 54.2 Å². The number of imide groups is 1. The smallest absolute Gasteiger partial charge is 0.337 e. The molecule has 338 valence electrons. The highest BCUT2D eigenvalue weighted by Gasteiger charge is 2.42. The minimum absolute atomic E-state index is 0.0206. The van der Waals surface area contributed by atoms with Crippen molar-refractivity contribution in [1.82, 2.24) is 25.2 Å². The Morgan fingerprint density at radius 1 is 0.889 bits per heavy atom. The van der Waals surface area contributed by atoms with E-state index < -0.39 is 17.9 Å². The minimum Gasteiger partial charge on any atom is -0.465 e. The molecule has 1 N–H and O–H groups in total. The van der Waals surface area contributed by atoms with Crippen molar-refractivity contribution < 1.29 is 57.1 Å². The van der Waals surface area contributed by atoms with Gasteiger partial charge in [-0.25, -0.2) is 9.48 Å². The predicted octanol–water partition coefficient (Wildman–Crippen LogP) is 2.85. The van der Waals surface area contributed by atoms with Gasteiger partial charge < -0.3 is 43.0 Å². The summed E-state index contributed by atoms with van der Waals surface area (Å²) >= 11 is 0. The molecular weight excluding hydrogens is 817 g/mol. The van der Waals surface area contributed by atoms with Gasteiger partial charge in [-0.15, -0.1) is 5.10 Å². The normalized spacial score (nSPS) is 19.3. The highest BCUT2D eigenvalue weighted by Crippen LogP contribution is 2.44. The number of esters is 1. The number of aromatic nitrogens is 3. The summed E-state index contributed by atoms with van der Waals surface area (Å²) in [4.78, 5) is 65.3. The summed E-state index contributed by atoms with van der Waals surface area (Å²) in [6.45, 7) is 10.4. The average molecular weight is 873 g/mol. The first-order valence-electron chi connectivity index (χ1n) is 21.3. The van der Waals surface area contributed by atoms with Gasteiger partial charge in [-0.05, 0) is 48.7 Å². The molecule has 0 radical (unpaired) electrons. The number of carbonyl (C=O) groups is 5. The molecule has 18 heteroatoms. The fourth-order valence-electron chi connectivity index (χ4n) is 8.15. The standard InChI is InChI=1S/C45H56N6O12/c1-5-38-30(2)42(36-26-33(45(56)57-4)11-12-39(36)51(38)31(3)52)50-27-34(47-48-50)29-63-25-24-62-23-22-61-21-20-60-19-18-59-17-16-58-15-7-9-32-8-6-10-35-37(32)28-49(44(35)55)40-13-14-41(53)46-43(40)54/h6,8,10-12,26-27,30,38,40,42H,5,13-25,28-29H2,1-4H3,(H,46,53,54)/t30-,38+,40?,42+/m1/s1. The zero-order chi connectivity index (χ0) is 44.7. The molecule has 4 amide bonds. The Balaban J connectivity index is 0.775. The molecule has 3 aliphatic rings. The SMILES string of the molecule is CC[C@H]1[C@@H](C)[C@H](n2cc(COCCOCCOCCOCCOCCOCC#Cc3cccc4c3CN(C3CCC(=O)NC3=O)C4=O)nn2)c2cc(C(=O)OC)ccc2N1C(C)=O. The van der Waals surface area contributed by atoms with Crippen LogP contribution in [0, 0.1) is 17.8 Å². The van der Waals surface area contributed by atoms with E-state index in [1.54, 1.807) is 41.9 Å². The number of nitrogens with zero attached hydrogens (tertiary/aromatic N) is 5. The molecular formula is C45H56N6O12. The van der Waals surface area contributed by atoms with Gasteiger partial charge >= 0.3 is 5.97 Å². The molecule has 63 heavy (non-hydrogen) atoms. The lowest BCUT2D eigenvalue weighted by Crippen LogP contribution is -2.52. The number of hydrogen-bond acceptors (Lipinski definition) is 14. The first-order valence-corrected chi connectivity index (χ1v) is 21.3. The fourth-order valence-corrected chi connectivity index (χ4v) is 8.15. The second-order valence-corrected chi connectivity index (χ2v) is 15.2. The van der Waals surface area contributed by atoms with Crippen molar-refractivity contribution in [1.29, 1.82) is 0 Å². The van der Waals surface area contributed by atoms with E-state index in [-0.39, 0.29) is 61.9 Å². The van der Waals surface area contributed by atoms with Crippen LogP contribution in [-0.2, 0) is 60.7 Å². The van der Waals surface area contributed by atoms with Gasteiger partial charge in [0.15, 0.2) is 0 Å². The lowest BCUT2D eigenvalue weighted by molar-refractivity contribution is -0.137. The van der Waals surface area contributed by atoms with Crippen molar-refractivity contribution in [3.63, 3.8) is 0 Å². The van der Waals surface area contributed by atoms with E-state index in [1.807, 2.05) is 17.2 Å². The fraction of sp³-hybridized carbons (Fsp3) is 0.533. The highest BCUT2D eigenvalue weighted by atomic mass is 16.6. The zero-order valence-corrected chi connectivity index (χ0v) is 36.3. The third-order valence-electron chi connectivity index (χ3n) is 11.2. The number of methoxy groups -OCH3 is 1. The molecule has 18 nitrogen and oxygen atoms in total. The van der Waals surface area contributed by atoms with Crippen LogP contribution in [0.5, 0.6) is 0 Å². The molecule has 3 aliphatic heterocycles. The van der Waals surface area contributed by atoms with Crippen LogP contribution < -0.4 is 10.2 Å². The third-order valence-corrected chi connectivity index (χ3v) is 11.2. The Morgan fingerprint density at radius 2 is 1.56 bits per heavy atom. The van der Waals surface area contributed by atoms with Crippen molar-refractivity contribution in [3.05, 3.63) is 76.1 Å². The van der Waals surface area contributed by atoms with Gasteiger partial charge in [-0.1, -0.05) is 37.0 Å². The van der Waals surface area contributed by atoms with Crippen LogP contribution in [0.3, 0.4) is 0 Å². The number of ether oxygens (including phenoxy) is 7. The molecule has 6 rings (SSSR count). The van der Waals surface area contributed by atoms with E-state index in [1.165, 1.54) is 12.0 Å². The lowest BCUT2D eigenvalue weighted by Gasteiger charge is -2.44. The molecule has 1 aromatic heterocycles. The topological polar surface area (TPSA) is 199 Å². The summed E-state index contributed by atoms with van der Waals surface area (Å²) in [6.07, 6.45) is 3.10. The quantitative estimate of drug-likeness (QED) is 0.0669. The molecule has 0 spiro atoms. The number of piperidine rings is 1. The second kappa shape index (κ2) is 23.2. The summed E-state index contributed by atoms with van der Waals surface area (Å²) in [5.74, 6) is 4.52. The van der Waals surface area contributed by atoms with E-state index in [0.717, 1.165) is 23.2 Å². The second-order valence-electron chi connectivity index (χ2n) is 15.2. The predicted molar refractivity (Wildman–Crippen MR) is 225 cm³/mol. The molecule has 0 bridgehead atoms. The van der Waals surface area contributed by atoms with Crippen molar-refractivity contribution in [2.45, 2.75) is 71.3 Å². The molecule has 1 fully saturated rings. The van der Waals surface area contributed by atoms with Gasteiger partial charge in [-0.3, -0.25) is 24.5 Å². The zero-order valence-electron chi connectivity index (χ0n) is 36.3. The maximum absolute atomic E-state index is 13.0. The number of benzene rings is 2. The molecule has 1 saturated heterocycles. The van der Waals surface area contributed by atoms with Crippen LogP contribution in [-0.4, -0.2) is 141 Å². The highest BCUT2D eigenvalue weighted by molar-refractivity contribution is 6.05. The lowest BCUT2D eigenvalue weighted by atomic mass is 9.80. The average Bonchev–Trinajstić information content (AvgIpc) is 3.88. The Bertz CT molecular complexity index is 2150. The molecule has 4 heterocycles. The van der Waals surface area contributed by atoms with Gasteiger partial charge in [0.1, 0.15) is 18.3 Å². The van der Waals surface area contributed by atoms with Crippen LogP contribution in [0.4, 0.5) is 5.69 Å². The number of anilines is 1. The molecule has 1 unspecified atom stereocenters. The first kappa shape index (κ1) is 46.9. The Kier molecular flexibility index (Phi) is 17.3. The van der Waals surface area contributed by atoms with Crippen LogP contribution in [0.2, 0.25) is 0 Å². The van der Waals surface area contributed by atoms with E-state index >= 15 is 0 Å². The maximum Gasteiger partial charge on any atom is 0.337 e. The summed E-state index contributed by atoms with van der Waals surface area (Å²) in [5.41, 5.74) is 4.59. The number of carbonyl (C=O) groups excluding carboxylic acids is 5. The van der Waals surface area contributed by atoms with Crippen LogP contribution >= 0.6 is 0 Å². The van der Waals surface area contributed by atoms with Crippen LogP contribution in [0.15, 0.2) is 42.6 Å². The summed E-state index contributed by atoms with van der Waals surface area (Å²) in [6, 6.07) is 9.59. The Labute approximate surface area is 366 Å². The summed E-state index contributed by atoms with van der Waals surface area (Å²) < 4.78 is 40.4. The largest absolute Gasteiger partial charge is 0.465 e. The Morgan fingerprint density at radius 3 is 2.19 bits per heavy atom. The number of nitrogens with one attached hydrogen (secondary N) is 1. The van der Waals surface area contributed by atoms with Crippen molar-refractivity contribution >= 4 is 35.3 Å². The Hall–Kier alpha value is -5.55. The molecule has 3 aromatic rings. The van der Waals surface area contributed by atoms with E-state index in [4.69, 9.17) is 33.2 Å². The molecule has 0 aliphatic carbocycles. The number of fused-ring (bicyclic) bond motifs is 2. The van der Waals surface area contributed by atoms with Gasteiger partial charge in [-0.2, -0.15) is 0 Å². The summed E-state index contributed by atoms with van der Waals surface area (Å²) in [7, 11) is 1.34. The molecule has 4 atom stereocenters. The van der Waals surface area contributed by atoms with Gasteiger partial charge in [0.2, 0.25) is 17.7 Å². The van der Waals surface area contributed by atoms with Crippen LogP contribution in [0.1, 0.15) is 89.2 Å². The molecule has 0 saturated carbocycles. The van der Waals surface area contributed by atoms with E-state index in [0.29, 0.717) is 94.9 Å².